The lowest BCUT2D eigenvalue weighted by atomic mass is 9.13. The molecule has 10 heteroatoms. The molecule has 0 aliphatic heterocycles. The van der Waals surface area contributed by atoms with Crippen molar-refractivity contribution >= 4 is 41.2 Å². The van der Waals surface area contributed by atoms with E-state index in [4.69, 9.17) is 9.47 Å². The molecule has 0 spiro atoms. The summed E-state index contributed by atoms with van der Waals surface area (Å²) >= 11 is 0. The molecule has 5 aromatic rings. The lowest BCUT2D eigenvalue weighted by Gasteiger charge is -2.44. The van der Waals surface area contributed by atoms with Crippen molar-refractivity contribution < 1.29 is 35.8 Å². The Morgan fingerprint density at radius 1 is 0.446 bits per heavy atom. The van der Waals surface area contributed by atoms with Crippen molar-refractivity contribution in [2.24, 2.45) is 0 Å². The van der Waals surface area contributed by atoms with E-state index in [2.05, 4.69) is 121 Å². The van der Waals surface area contributed by atoms with Gasteiger partial charge in [0.1, 0.15) is 17.6 Å². The smallest absolute Gasteiger partial charge is 0.422 e. The fraction of sp³-hybridized carbons (Fsp3) is 0.348. The van der Waals surface area contributed by atoms with E-state index in [0.29, 0.717) is 11.3 Å². The van der Waals surface area contributed by atoms with Crippen LogP contribution in [0, 0.1) is 0 Å². The van der Waals surface area contributed by atoms with Crippen molar-refractivity contribution in [3.63, 3.8) is 0 Å². The molecule has 0 amide bonds. The molecule has 5 aromatic carbocycles. The number of rotatable bonds is 11. The first kappa shape index (κ1) is 41.4. The molecule has 2 aliphatic carbocycles. The van der Waals surface area contributed by atoms with E-state index < -0.39 is 39.6 Å². The van der Waals surface area contributed by atoms with E-state index in [9.17, 15) is 26.3 Å². The second-order valence-electron chi connectivity index (χ2n) is 15.1. The summed E-state index contributed by atoms with van der Waals surface area (Å²) in [7, 11) is -1.20. The van der Waals surface area contributed by atoms with Crippen molar-refractivity contribution in [1.29, 1.82) is 0 Å². The van der Waals surface area contributed by atoms with Crippen LogP contribution in [0.25, 0.3) is 0 Å². The largest absolute Gasteiger partial charge is 0.484 e. The summed E-state index contributed by atoms with van der Waals surface area (Å²) in [6.45, 7) is -2.96. The highest BCUT2D eigenvalue weighted by Crippen LogP contribution is 2.55. The number of halogens is 6. The molecular weight excluding hydrogens is 740 g/mol. The second-order valence-corrected chi connectivity index (χ2v) is 18.3. The van der Waals surface area contributed by atoms with E-state index in [0.717, 1.165) is 62.7 Å². The van der Waals surface area contributed by atoms with Gasteiger partial charge in [-0.05, 0) is 51.4 Å². The van der Waals surface area contributed by atoms with Crippen LogP contribution >= 0.6 is 7.92 Å². The fourth-order valence-electron chi connectivity index (χ4n) is 8.99. The topological polar surface area (TPSA) is 18.5 Å². The van der Waals surface area contributed by atoms with Gasteiger partial charge >= 0.3 is 12.4 Å². The molecule has 0 heterocycles. The quantitative estimate of drug-likeness (QED) is 0.0754. The van der Waals surface area contributed by atoms with Crippen LogP contribution in [-0.2, 0) is 0 Å². The van der Waals surface area contributed by atoms with Gasteiger partial charge in [0.2, 0.25) is 0 Å². The van der Waals surface area contributed by atoms with Crippen LogP contribution in [0.15, 0.2) is 140 Å². The van der Waals surface area contributed by atoms with Crippen LogP contribution in [0.1, 0.15) is 64.2 Å². The van der Waals surface area contributed by atoms with Crippen LogP contribution in [-0.4, -0.2) is 43.0 Å². The molecule has 2 nitrogen and oxygen atoms in total. The molecule has 0 N–H and O–H groups in total. The van der Waals surface area contributed by atoms with Crippen molar-refractivity contribution in [3.05, 3.63) is 140 Å². The molecule has 0 radical (unpaired) electrons. The SMILES string of the molecule is FC(F)(F)COc1cc(OCC(F)(F)F)cc([PH+](C2CCCCC2)C2CCCCC2)c1.c1ccc([B-](c2ccccc2)(c2ccccc2)c2ccccc2)cc1. The van der Waals surface area contributed by atoms with Gasteiger partial charge in [-0.25, -0.2) is 0 Å². The first-order valence-corrected chi connectivity index (χ1v) is 21.5. The van der Waals surface area contributed by atoms with Gasteiger partial charge in [0.05, 0.1) is 16.6 Å². The summed E-state index contributed by atoms with van der Waals surface area (Å²) in [5.41, 5.74) is 6.32. The lowest BCUT2D eigenvalue weighted by molar-refractivity contribution is -0.153. The number of ether oxygens (including phenoxy) is 2. The molecule has 0 atom stereocenters. The summed E-state index contributed by atoms with van der Waals surface area (Å²) < 4.78 is 86.0. The first-order chi connectivity index (χ1) is 27.0. The zero-order valence-electron chi connectivity index (χ0n) is 31.6. The average molecular weight is 791 g/mol. The minimum atomic E-state index is -4.52. The van der Waals surface area contributed by atoms with Gasteiger partial charge in [0.15, 0.2) is 13.2 Å². The maximum absolute atomic E-state index is 12.7. The highest BCUT2D eigenvalue weighted by molar-refractivity contribution is 7.67. The molecule has 296 valence electrons. The molecule has 2 fully saturated rings. The monoisotopic (exact) mass is 790 g/mol. The van der Waals surface area contributed by atoms with E-state index in [-0.39, 0.29) is 11.5 Å². The number of benzene rings is 5. The zero-order chi connectivity index (χ0) is 39.4. The van der Waals surface area contributed by atoms with Crippen LogP contribution < -0.4 is 36.6 Å². The van der Waals surface area contributed by atoms with E-state index in [1.54, 1.807) is 12.1 Å². The molecule has 2 aliphatic rings. The number of hydrogen-bond acceptors (Lipinski definition) is 2. The average Bonchev–Trinajstić information content (AvgIpc) is 3.22. The normalized spacial score (nSPS) is 15.8. The summed E-state index contributed by atoms with van der Waals surface area (Å²) in [6.07, 6.45) is 0.958. The lowest BCUT2D eigenvalue weighted by Crippen LogP contribution is -2.74. The Hall–Kier alpha value is -4.23. The predicted octanol–water partition coefficient (Wildman–Crippen LogP) is 10.1. The first-order valence-electron chi connectivity index (χ1n) is 19.8. The molecule has 0 unspecified atom stereocenters. The Kier molecular flexibility index (Phi) is 14.3. The summed E-state index contributed by atoms with van der Waals surface area (Å²) in [5.74, 6) is -0.137. The van der Waals surface area contributed by atoms with E-state index in [1.165, 1.54) is 34.7 Å². The molecule has 0 bridgehead atoms. The van der Waals surface area contributed by atoms with E-state index >= 15 is 0 Å². The van der Waals surface area contributed by atoms with Gasteiger partial charge in [-0.2, -0.15) is 48.2 Å². The highest BCUT2D eigenvalue weighted by atomic mass is 31.1. The number of hydrogen-bond donors (Lipinski definition) is 0. The van der Waals surface area contributed by atoms with Crippen molar-refractivity contribution in [1.82, 2.24) is 0 Å². The van der Waals surface area contributed by atoms with Gasteiger partial charge < -0.3 is 9.47 Å². The van der Waals surface area contributed by atoms with Crippen molar-refractivity contribution in [2.45, 2.75) is 87.9 Å². The third kappa shape index (κ3) is 11.0. The standard InChI is InChI=1S/C24H20B.C22H29F6O2P/c1-5-13-21(14-6-1)25(22-15-7-2-8-16-22,23-17-9-3-10-18-23)24-19-11-4-12-20-24;23-21(24,25)14-29-16-11-17(30-15-22(26,27)28)13-20(12-16)31(18-7-3-1-4-8-18)19-9-5-2-6-10-19/h1-20H;11-13,18-19H,1-10,14-15H2/q-1;/p+1. The van der Waals surface area contributed by atoms with Crippen LogP contribution in [0.5, 0.6) is 11.5 Å². The molecule has 2 saturated carbocycles. The van der Waals surface area contributed by atoms with Gasteiger partial charge in [0.25, 0.3) is 0 Å². The van der Waals surface area contributed by atoms with Crippen LogP contribution in [0.3, 0.4) is 0 Å². The van der Waals surface area contributed by atoms with Crippen LogP contribution in [0.4, 0.5) is 26.3 Å². The third-order valence-electron chi connectivity index (χ3n) is 11.3. The molecule has 0 aromatic heterocycles. The Morgan fingerprint density at radius 2 is 0.750 bits per heavy atom. The Bertz CT molecular complexity index is 1680. The molecule has 0 saturated heterocycles. The Balaban J connectivity index is 0.000000194. The molecular formula is C46H50BF6O2P. The minimum absolute atomic E-state index is 0.0684. The van der Waals surface area contributed by atoms with Gasteiger partial charge in [0, 0.05) is 26.1 Å². The highest BCUT2D eigenvalue weighted by Gasteiger charge is 2.40. The summed E-state index contributed by atoms with van der Waals surface area (Å²) in [6, 6.07) is 47.9. The maximum atomic E-state index is 12.7. The Labute approximate surface area is 328 Å². The summed E-state index contributed by atoms with van der Waals surface area (Å²) in [5, 5.41) is 0.848. The summed E-state index contributed by atoms with van der Waals surface area (Å²) in [4.78, 5) is 0. The van der Waals surface area contributed by atoms with E-state index in [1.807, 2.05) is 0 Å². The fourth-order valence-corrected chi connectivity index (χ4v) is 13.3. The second kappa shape index (κ2) is 19.3. The van der Waals surface area contributed by atoms with Crippen LogP contribution in [0.2, 0.25) is 0 Å². The zero-order valence-corrected chi connectivity index (χ0v) is 32.6. The minimum Gasteiger partial charge on any atom is -0.484 e. The number of alkyl halides is 6. The third-order valence-corrected chi connectivity index (χ3v) is 15.2. The van der Waals surface area contributed by atoms with Crippen molar-refractivity contribution in [3.8, 4) is 11.5 Å². The molecule has 7 rings (SSSR count). The van der Waals surface area contributed by atoms with Crippen molar-refractivity contribution in [2.75, 3.05) is 13.2 Å². The maximum Gasteiger partial charge on any atom is 0.422 e. The predicted molar refractivity (Wildman–Crippen MR) is 221 cm³/mol. The van der Waals surface area contributed by atoms with Gasteiger partial charge in [-0.1, -0.05) is 134 Å². The van der Waals surface area contributed by atoms with Gasteiger partial charge in [-0.15, -0.1) is 0 Å². The molecule has 56 heavy (non-hydrogen) atoms. The Morgan fingerprint density at radius 3 is 1.04 bits per heavy atom. The van der Waals surface area contributed by atoms with Gasteiger partial charge in [-0.3, -0.25) is 0 Å².